The molecule has 116 valence electrons. The van der Waals surface area contributed by atoms with Crippen LogP contribution in [0.3, 0.4) is 0 Å². The molecule has 1 aromatic rings. The van der Waals surface area contributed by atoms with E-state index in [0.717, 1.165) is 6.54 Å². The highest BCUT2D eigenvalue weighted by Crippen LogP contribution is 2.48. The van der Waals surface area contributed by atoms with E-state index in [1.807, 2.05) is 0 Å². The molecule has 0 amide bonds. The fourth-order valence-corrected chi connectivity index (χ4v) is 4.73. The zero-order chi connectivity index (χ0) is 15.1. The lowest BCUT2D eigenvalue weighted by Gasteiger charge is -2.56. The first kappa shape index (κ1) is 14.9. The van der Waals surface area contributed by atoms with Crippen LogP contribution in [0, 0.1) is 11.3 Å². The molecule has 1 aromatic carbocycles. The molecule has 2 unspecified atom stereocenters. The predicted octanol–water partition coefficient (Wildman–Crippen LogP) is 3.98. The van der Waals surface area contributed by atoms with Gasteiger partial charge < -0.3 is 10.6 Å². The lowest BCUT2D eigenvalue weighted by molar-refractivity contribution is 0.0985. The van der Waals surface area contributed by atoms with Crippen molar-refractivity contribution >= 4 is 5.69 Å². The maximum atomic E-state index is 6.36. The van der Waals surface area contributed by atoms with E-state index in [0.29, 0.717) is 11.3 Å². The molecule has 2 atom stereocenters. The Kier molecular flexibility index (Phi) is 3.77. The molecule has 2 heteroatoms. The van der Waals surface area contributed by atoms with Gasteiger partial charge in [0.2, 0.25) is 0 Å². The maximum absolute atomic E-state index is 6.36. The van der Waals surface area contributed by atoms with Gasteiger partial charge in [-0.2, -0.15) is 0 Å². The van der Waals surface area contributed by atoms with Crippen LogP contribution in [0.5, 0.6) is 0 Å². The second kappa shape index (κ2) is 5.31. The molecular formula is C19H30N2. The van der Waals surface area contributed by atoms with Gasteiger partial charge in [-0.3, -0.25) is 0 Å². The lowest BCUT2D eigenvalue weighted by atomic mass is 9.62. The van der Waals surface area contributed by atoms with Crippen molar-refractivity contribution in [3.63, 3.8) is 0 Å². The van der Waals surface area contributed by atoms with Crippen LogP contribution in [0.4, 0.5) is 5.69 Å². The van der Waals surface area contributed by atoms with Crippen molar-refractivity contribution < 1.29 is 0 Å². The number of nitrogens with two attached hydrogens (primary N) is 1. The van der Waals surface area contributed by atoms with E-state index in [1.165, 1.54) is 49.9 Å². The zero-order valence-electron chi connectivity index (χ0n) is 13.9. The summed E-state index contributed by atoms with van der Waals surface area (Å²) in [4.78, 5) is 2.67. The summed E-state index contributed by atoms with van der Waals surface area (Å²) in [6.07, 6.45) is 6.27. The molecule has 1 fully saturated rings. The van der Waals surface area contributed by atoms with Crippen molar-refractivity contribution in [2.24, 2.45) is 17.1 Å². The number of rotatable bonds is 2. The monoisotopic (exact) mass is 286 g/mol. The highest BCUT2D eigenvalue weighted by molar-refractivity contribution is 5.58. The number of nitrogens with zero attached hydrogens (tertiary/aromatic N) is 1. The Morgan fingerprint density at radius 2 is 2.00 bits per heavy atom. The third-order valence-corrected chi connectivity index (χ3v) is 6.01. The number of anilines is 1. The molecule has 1 aliphatic carbocycles. The van der Waals surface area contributed by atoms with Gasteiger partial charge in [0.25, 0.3) is 0 Å². The Labute approximate surface area is 129 Å². The molecule has 0 bridgehead atoms. The van der Waals surface area contributed by atoms with E-state index < -0.39 is 0 Å². The molecule has 1 heterocycles. The van der Waals surface area contributed by atoms with E-state index in [1.54, 1.807) is 0 Å². The molecule has 1 aliphatic heterocycles. The summed E-state index contributed by atoms with van der Waals surface area (Å²) in [7, 11) is 0. The van der Waals surface area contributed by atoms with Gasteiger partial charge in [0.15, 0.2) is 0 Å². The number of hydrogen-bond donors (Lipinski definition) is 1. The summed E-state index contributed by atoms with van der Waals surface area (Å²) >= 11 is 0. The van der Waals surface area contributed by atoms with Crippen LogP contribution in [-0.2, 0) is 6.42 Å². The number of para-hydroxylation sites is 1. The first-order chi connectivity index (χ1) is 9.98. The van der Waals surface area contributed by atoms with Crippen LogP contribution in [0.25, 0.3) is 0 Å². The van der Waals surface area contributed by atoms with Gasteiger partial charge in [0.05, 0.1) is 5.54 Å². The van der Waals surface area contributed by atoms with Crippen LogP contribution >= 0.6 is 0 Å². The summed E-state index contributed by atoms with van der Waals surface area (Å²) in [6, 6.07) is 8.95. The zero-order valence-corrected chi connectivity index (χ0v) is 13.9. The Balaban J connectivity index is 1.98. The Morgan fingerprint density at radius 1 is 1.24 bits per heavy atom. The highest BCUT2D eigenvalue weighted by Gasteiger charge is 2.47. The minimum Gasteiger partial charge on any atom is -0.364 e. The van der Waals surface area contributed by atoms with Gasteiger partial charge in [-0.25, -0.2) is 0 Å². The van der Waals surface area contributed by atoms with Crippen molar-refractivity contribution in [2.45, 2.75) is 58.4 Å². The van der Waals surface area contributed by atoms with Gasteiger partial charge in [-0.1, -0.05) is 39.0 Å². The van der Waals surface area contributed by atoms with Gasteiger partial charge in [-0.15, -0.1) is 0 Å². The molecule has 3 rings (SSSR count). The maximum Gasteiger partial charge on any atom is 0.0550 e. The largest absolute Gasteiger partial charge is 0.364 e. The van der Waals surface area contributed by atoms with Gasteiger partial charge >= 0.3 is 0 Å². The van der Waals surface area contributed by atoms with Crippen LogP contribution in [-0.4, -0.2) is 18.6 Å². The second-order valence-electron chi connectivity index (χ2n) is 7.96. The van der Waals surface area contributed by atoms with E-state index in [9.17, 15) is 0 Å². The van der Waals surface area contributed by atoms with Crippen LogP contribution in [0.2, 0.25) is 0 Å². The number of benzene rings is 1. The average Bonchev–Trinajstić information content (AvgIpc) is 2.47. The standard InChI is InChI=1S/C19H30N2/c1-15-13-18(2,3)10-11-19(15,14-20)21-12-6-8-16-7-4-5-9-17(16)21/h4-5,7,9,15H,6,8,10-14,20H2,1-3H3. The topological polar surface area (TPSA) is 29.3 Å². The average molecular weight is 286 g/mol. The summed E-state index contributed by atoms with van der Waals surface area (Å²) in [5.41, 5.74) is 9.94. The normalized spacial score (nSPS) is 31.8. The minimum absolute atomic E-state index is 0.159. The molecule has 0 aromatic heterocycles. The summed E-state index contributed by atoms with van der Waals surface area (Å²) in [5.74, 6) is 0.650. The van der Waals surface area contributed by atoms with Crippen LogP contribution < -0.4 is 10.6 Å². The van der Waals surface area contributed by atoms with Gasteiger partial charge in [-0.05, 0) is 55.1 Å². The molecule has 21 heavy (non-hydrogen) atoms. The van der Waals surface area contributed by atoms with Crippen molar-refractivity contribution in [1.29, 1.82) is 0 Å². The van der Waals surface area contributed by atoms with E-state index >= 15 is 0 Å². The summed E-state index contributed by atoms with van der Waals surface area (Å²) < 4.78 is 0. The number of fused-ring (bicyclic) bond motifs is 1. The van der Waals surface area contributed by atoms with Gasteiger partial charge in [0.1, 0.15) is 0 Å². The van der Waals surface area contributed by atoms with Gasteiger partial charge in [0, 0.05) is 18.8 Å². The van der Waals surface area contributed by atoms with E-state index in [2.05, 4.69) is 49.9 Å². The molecule has 1 saturated carbocycles. The van der Waals surface area contributed by atoms with Crippen LogP contribution in [0.15, 0.2) is 24.3 Å². The molecule has 0 radical (unpaired) electrons. The lowest BCUT2D eigenvalue weighted by Crippen LogP contribution is -2.62. The SMILES string of the molecule is CC1CC(C)(C)CCC1(CN)N1CCCc2ccccc21. The van der Waals surface area contributed by atoms with Crippen molar-refractivity contribution in [2.75, 3.05) is 18.0 Å². The van der Waals surface area contributed by atoms with Crippen molar-refractivity contribution in [3.8, 4) is 0 Å². The Morgan fingerprint density at radius 3 is 2.71 bits per heavy atom. The van der Waals surface area contributed by atoms with Crippen molar-refractivity contribution in [1.82, 2.24) is 0 Å². The minimum atomic E-state index is 0.159. The molecular weight excluding hydrogens is 256 g/mol. The van der Waals surface area contributed by atoms with Crippen LogP contribution in [0.1, 0.15) is 52.0 Å². The molecule has 0 saturated heterocycles. The quantitative estimate of drug-likeness (QED) is 0.891. The third kappa shape index (κ3) is 2.48. The first-order valence-corrected chi connectivity index (χ1v) is 8.54. The van der Waals surface area contributed by atoms with E-state index in [4.69, 9.17) is 5.73 Å². The molecule has 2 nitrogen and oxygen atoms in total. The number of hydrogen-bond acceptors (Lipinski definition) is 2. The summed E-state index contributed by atoms with van der Waals surface area (Å²) in [5, 5.41) is 0. The Hall–Kier alpha value is -1.02. The Bertz CT molecular complexity index is 508. The summed E-state index contributed by atoms with van der Waals surface area (Å²) in [6.45, 7) is 9.19. The second-order valence-corrected chi connectivity index (χ2v) is 7.96. The highest BCUT2D eigenvalue weighted by atomic mass is 15.2. The smallest absolute Gasteiger partial charge is 0.0550 e. The molecule has 0 spiro atoms. The molecule has 2 N–H and O–H groups in total. The first-order valence-electron chi connectivity index (χ1n) is 8.54. The van der Waals surface area contributed by atoms with E-state index in [-0.39, 0.29) is 5.54 Å². The van der Waals surface area contributed by atoms with Crippen molar-refractivity contribution in [3.05, 3.63) is 29.8 Å². The fraction of sp³-hybridized carbons (Fsp3) is 0.684. The predicted molar refractivity (Wildman–Crippen MR) is 90.7 cm³/mol. The number of aryl methyl sites for hydroxylation is 1. The fourth-order valence-electron chi connectivity index (χ4n) is 4.73. The third-order valence-electron chi connectivity index (χ3n) is 6.01. The molecule has 2 aliphatic rings.